The third-order valence-electron chi connectivity index (χ3n) is 5.80. The molecule has 6 nitrogen and oxygen atoms in total. The predicted molar refractivity (Wildman–Crippen MR) is 104 cm³/mol. The number of halogens is 3. The van der Waals surface area contributed by atoms with Crippen LogP contribution in [0.25, 0.3) is 11.3 Å². The number of nitrogens with one attached hydrogen (secondary N) is 1. The van der Waals surface area contributed by atoms with Gasteiger partial charge in [0.15, 0.2) is 5.82 Å². The van der Waals surface area contributed by atoms with Crippen LogP contribution in [0.3, 0.4) is 0 Å². The first-order chi connectivity index (χ1) is 14.3. The number of fused-ring (bicyclic) bond motifs is 1. The van der Waals surface area contributed by atoms with Gasteiger partial charge in [-0.1, -0.05) is 12.8 Å². The number of aromatic hydroxyl groups is 1. The van der Waals surface area contributed by atoms with Crippen LogP contribution in [0.1, 0.15) is 49.7 Å². The molecule has 162 valence electrons. The zero-order chi connectivity index (χ0) is 21.3. The highest BCUT2D eigenvalue weighted by atomic mass is 19.4. The molecule has 4 rings (SSSR count). The second-order valence-corrected chi connectivity index (χ2v) is 7.89. The van der Waals surface area contributed by atoms with Crippen molar-refractivity contribution in [3.8, 4) is 22.8 Å². The highest BCUT2D eigenvalue weighted by Crippen LogP contribution is 2.39. The SMILES string of the molecule is Oc1cc(OC(F)(F)F)ccc1-c1nnc(N[C@@H]2CCCC[C@H]2O)c2c1CCCC2. The molecule has 9 heteroatoms. The van der Waals surface area contributed by atoms with Gasteiger partial charge in [-0.3, -0.25) is 0 Å². The molecule has 2 atom stereocenters. The minimum absolute atomic E-state index is 0.0721. The number of nitrogens with zero attached hydrogens (tertiary/aromatic N) is 2. The molecular formula is C21H24F3N3O3. The maximum atomic E-state index is 12.4. The lowest BCUT2D eigenvalue weighted by atomic mass is 9.88. The van der Waals surface area contributed by atoms with Gasteiger partial charge in [0, 0.05) is 17.2 Å². The molecule has 0 aliphatic heterocycles. The quantitative estimate of drug-likeness (QED) is 0.678. The van der Waals surface area contributed by atoms with Gasteiger partial charge < -0.3 is 20.3 Å². The predicted octanol–water partition coefficient (Wildman–Crippen LogP) is 4.34. The summed E-state index contributed by atoms with van der Waals surface area (Å²) in [7, 11) is 0. The molecule has 0 radical (unpaired) electrons. The van der Waals surface area contributed by atoms with E-state index in [0.717, 1.165) is 74.6 Å². The fourth-order valence-electron chi connectivity index (χ4n) is 4.35. The van der Waals surface area contributed by atoms with Crippen molar-refractivity contribution in [3.63, 3.8) is 0 Å². The molecule has 2 aliphatic rings. The molecule has 1 aromatic heterocycles. The summed E-state index contributed by atoms with van der Waals surface area (Å²) in [4.78, 5) is 0. The number of rotatable bonds is 4. The third kappa shape index (κ3) is 4.45. The van der Waals surface area contributed by atoms with Crippen LogP contribution in [-0.4, -0.2) is 38.9 Å². The summed E-state index contributed by atoms with van der Waals surface area (Å²) in [5, 5.41) is 32.6. The second-order valence-electron chi connectivity index (χ2n) is 7.89. The first kappa shape index (κ1) is 20.7. The molecule has 2 aromatic rings. The smallest absolute Gasteiger partial charge is 0.507 e. The third-order valence-corrected chi connectivity index (χ3v) is 5.80. The van der Waals surface area contributed by atoms with Gasteiger partial charge in [-0.15, -0.1) is 23.4 Å². The second kappa shape index (κ2) is 8.29. The molecule has 0 bridgehead atoms. The number of aliphatic hydroxyl groups excluding tert-OH is 1. The van der Waals surface area contributed by atoms with Crippen LogP contribution in [0.15, 0.2) is 18.2 Å². The van der Waals surface area contributed by atoms with Gasteiger partial charge in [-0.25, -0.2) is 0 Å². The molecule has 3 N–H and O–H groups in total. The van der Waals surface area contributed by atoms with Crippen molar-refractivity contribution < 1.29 is 28.1 Å². The highest BCUT2D eigenvalue weighted by Gasteiger charge is 2.32. The molecule has 1 fully saturated rings. The zero-order valence-electron chi connectivity index (χ0n) is 16.4. The van der Waals surface area contributed by atoms with Crippen LogP contribution in [0.5, 0.6) is 11.5 Å². The monoisotopic (exact) mass is 423 g/mol. The van der Waals surface area contributed by atoms with Crippen molar-refractivity contribution in [2.75, 3.05) is 5.32 Å². The minimum atomic E-state index is -4.83. The molecule has 1 aromatic carbocycles. The highest BCUT2D eigenvalue weighted by molar-refractivity contribution is 5.73. The molecule has 1 saturated carbocycles. The molecule has 0 amide bonds. The first-order valence-electron chi connectivity index (χ1n) is 10.2. The molecule has 1 heterocycles. The van der Waals surface area contributed by atoms with Crippen LogP contribution in [0.2, 0.25) is 0 Å². The van der Waals surface area contributed by atoms with Gasteiger partial charge in [0.25, 0.3) is 0 Å². The molecular weight excluding hydrogens is 399 g/mol. The summed E-state index contributed by atoms with van der Waals surface area (Å²) in [6, 6.07) is 3.39. The van der Waals surface area contributed by atoms with Crippen molar-refractivity contribution >= 4 is 5.82 Å². The number of aromatic nitrogens is 2. The minimum Gasteiger partial charge on any atom is -0.507 e. The maximum Gasteiger partial charge on any atom is 0.573 e. The number of aliphatic hydroxyl groups is 1. The Hall–Kier alpha value is -2.55. The van der Waals surface area contributed by atoms with E-state index in [-0.39, 0.29) is 11.8 Å². The van der Waals surface area contributed by atoms with Gasteiger partial charge in [-0.05, 0) is 56.2 Å². The van der Waals surface area contributed by atoms with E-state index in [1.807, 2.05) is 0 Å². The van der Waals surface area contributed by atoms with E-state index in [1.165, 1.54) is 6.07 Å². The summed E-state index contributed by atoms with van der Waals surface area (Å²) < 4.78 is 41.2. The topological polar surface area (TPSA) is 87.5 Å². The average molecular weight is 423 g/mol. The average Bonchev–Trinajstić information content (AvgIpc) is 2.69. The van der Waals surface area contributed by atoms with Gasteiger partial charge in [0.1, 0.15) is 17.2 Å². The van der Waals surface area contributed by atoms with Crippen LogP contribution < -0.4 is 10.1 Å². The molecule has 0 unspecified atom stereocenters. The van der Waals surface area contributed by atoms with Gasteiger partial charge in [0.05, 0.1) is 12.1 Å². The number of benzene rings is 1. The van der Waals surface area contributed by atoms with Crippen molar-refractivity contribution in [1.82, 2.24) is 10.2 Å². The van der Waals surface area contributed by atoms with E-state index >= 15 is 0 Å². The number of phenols is 1. The molecule has 0 saturated heterocycles. The fourth-order valence-corrected chi connectivity index (χ4v) is 4.35. The van der Waals surface area contributed by atoms with Crippen LogP contribution in [0.4, 0.5) is 19.0 Å². The number of alkyl halides is 3. The van der Waals surface area contributed by atoms with Crippen molar-refractivity contribution in [3.05, 3.63) is 29.3 Å². The van der Waals surface area contributed by atoms with Crippen molar-refractivity contribution in [2.24, 2.45) is 0 Å². The summed E-state index contributed by atoms with van der Waals surface area (Å²) in [6.07, 6.45) is 1.89. The van der Waals surface area contributed by atoms with Crippen LogP contribution >= 0.6 is 0 Å². The molecule has 2 aliphatic carbocycles. The number of phenolic OH excluding ortho intramolecular Hbond substituents is 1. The summed E-state index contributed by atoms with van der Waals surface area (Å²) >= 11 is 0. The van der Waals surface area contributed by atoms with Crippen LogP contribution in [-0.2, 0) is 12.8 Å². The molecule has 30 heavy (non-hydrogen) atoms. The Labute approximate surface area is 172 Å². The Morgan fingerprint density at radius 3 is 2.43 bits per heavy atom. The van der Waals surface area contributed by atoms with E-state index in [9.17, 15) is 23.4 Å². The Morgan fingerprint density at radius 2 is 1.73 bits per heavy atom. The summed E-state index contributed by atoms with van der Waals surface area (Å²) in [5.74, 6) is -0.187. The summed E-state index contributed by atoms with van der Waals surface area (Å²) in [5.41, 5.74) is 2.72. The van der Waals surface area contributed by atoms with Gasteiger partial charge in [0.2, 0.25) is 0 Å². The number of hydrogen-bond donors (Lipinski definition) is 3. The van der Waals surface area contributed by atoms with E-state index < -0.39 is 18.2 Å². The van der Waals surface area contributed by atoms with Crippen molar-refractivity contribution in [1.29, 1.82) is 0 Å². The number of ether oxygens (including phenoxy) is 1. The summed E-state index contributed by atoms with van der Waals surface area (Å²) in [6.45, 7) is 0. The van der Waals surface area contributed by atoms with E-state index in [4.69, 9.17) is 0 Å². The number of hydrogen-bond acceptors (Lipinski definition) is 6. The van der Waals surface area contributed by atoms with Gasteiger partial charge in [-0.2, -0.15) is 0 Å². The van der Waals surface area contributed by atoms with Crippen molar-refractivity contribution in [2.45, 2.75) is 69.9 Å². The Bertz CT molecular complexity index is 920. The van der Waals surface area contributed by atoms with E-state index in [0.29, 0.717) is 17.1 Å². The Morgan fingerprint density at radius 1 is 1.00 bits per heavy atom. The maximum absolute atomic E-state index is 12.4. The molecule has 0 spiro atoms. The number of anilines is 1. The van der Waals surface area contributed by atoms with Gasteiger partial charge >= 0.3 is 6.36 Å². The normalized spacial score (nSPS) is 21.7. The van der Waals surface area contributed by atoms with Crippen LogP contribution in [0, 0.1) is 0 Å². The van der Waals surface area contributed by atoms with E-state index in [1.54, 1.807) is 0 Å². The largest absolute Gasteiger partial charge is 0.573 e. The lowest BCUT2D eigenvalue weighted by molar-refractivity contribution is -0.274. The lowest BCUT2D eigenvalue weighted by Gasteiger charge is -2.30. The standard InChI is InChI=1S/C21H24F3N3O3/c22-21(23,24)30-12-9-10-15(18(29)11-12)19-13-5-1-2-6-14(13)20(27-26-19)25-16-7-3-4-8-17(16)28/h9-11,16-17,28-29H,1-8H2,(H,25,27)/t16-,17-/m1/s1. The van der Waals surface area contributed by atoms with E-state index in [2.05, 4.69) is 20.3 Å². The Balaban J connectivity index is 1.66. The first-order valence-corrected chi connectivity index (χ1v) is 10.2. The zero-order valence-corrected chi connectivity index (χ0v) is 16.4. The fraction of sp³-hybridized carbons (Fsp3) is 0.524. The Kier molecular flexibility index (Phi) is 5.73. The lowest BCUT2D eigenvalue weighted by Crippen LogP contribution is -2.37.